The van der Waals surface area contributed by atoms with E-state index in [0.29, 0.717) is 0 Å². The summed E-state index contributed by atoms with van der Waals surface area (Å²) in [5, 5.41) is 10.9. The molecular weight excluding hydrogens is 182 g/mol. The van der Waals surface area contributed by atoms with Crippen LogP contribution in [0.25, 0.3) is 0 Å². The number of amides is 1. The highest BCUT2D eigenvalue weighted by Gasteiger charge is 2.08. The van der Waals surface area contributed by atoms with Crippen LogP contribution < -0.4 is 10.9 Å². The summed E-state index contributed by atoms with van der Waals surface area (Å²) < 4.78 is 0. The molecule has 1 rings (SSSR count). The normalized spacial score (nSPS) is 11.4. The lowest BCUT2D eigenvalue weighted by molar-refractivity contribution is 0.0942. The maximum atomic E-state index is 11.3. The summed E-state index contributed by atoms with van der Waals surface area (Å²) in [6.07, 6.45) is 0. The van der Waals surface area contributed by atoms with Crippen LogP contribution in [0, 0.1) is 11.3 Å². The fraction of sp³-hybridized carbons (Fsp3) is 0.222. The molecule has 1 unspecified atom stereocenters. The molecule has 1 aromatic heterocycles. The Morgan fingerprint density at radius 2 is 2.36 bits per heavy atom. The number of nitriles is 1. The molecule has 0 saturated heterocycles. The van der Waals surface area contributed by atoms with Crippen LogP contribution in [0.1, 0.15) is 17.4 Å². The van der Waals surface area contributed by atoms with E-state index in [4.69, 9.17) is 5.26 Å². The third kappa shape index (κ3) is 2.45. The van der Waals surface area contributed by atoms with Crippen molar-refractivity contribution in [2.24, 2.45) is 0 Å². The Morgan fingerprint density at radius 1 is 1.64 bits per heavy atom. The van der Waals surface area contributed by atoms with Gasteiger partial charge in [0.15, 0.2) is 0 Å². The first-order chi connectivity index (χ1) is 6.63. The van der Waals surface area contributed by atoms with Gasteiger partial charge < -0.3 is 10.3 Å². The lowest BCUT2D eigenvalue weighted by Gasteiger charge is -2.05. The second-order valence-corrected chi connectivity index (χ2v) is 2.75. The van der Waals surface area contributed by atoms with Crippen LogP contribution >= 0.6 is 0 Å². The van der Waals surface area contributed by atoms with E-state index in [2.05, 4.69) is 10.3 Å². The van der Waals surface area contributed by atoms with Crippen molar-refractivity contribution in [3.63, 3.8) is 0 Å². The third-order valence-corrected chi connectivity index (χ3v) is 1.55. The number of aromatic amines is 1. The molecule has 0 spiro atoms. The number of nitrogens with one attached hydrogen (secondary N) is 2. The number of carbonyl (C=O) groups is 1. The Balaban J connectivity index is 2.81. The smallest absolute Gasteiger partial charge is 0.268 e. The van der Waals surface area contributed by atoms with E-state index in [9.17, 15) is 9.59 Å². The van der Waals surface area contributed by atoms with Gasteiger partial charge in [0, 0.05) is 6.07 Å². The molecule has 5 heteroatoms. The van der Waals surface area contributed by atoms with Crippen LogP contribution in [0.3, 0.4) is 0 Å². The molecule has 0 bridgehead atoms. The van der Waals surface area contributed by atoms with Gasteiger partial charge in [-0.1, -0.05) is 6.07 Å². The van der Waals surface area contributed by atoms with Gasteiger partial charge in [-0.2, -0.15) is 5.26 Å². The van der Waals surface area contributed by atoms with Gasteiger partial charge in [0.05, 0.1) is 6.07 Å². The van der Waals surface area contributed by atoms with E-state index >= 15 is 0 Å². The molecule has 1 atom stereocenters. The maximum Gasteiger partial charge on any atom is 0.268 e. The number of H-pyrrole nitrogens is 1. The number of hydrogen-bond acceptors (Lipinski definition) is 3. The number of nitrogens with zero attached hydrogens (tertiary/aromatic N) is 1. The van der Waals surface area contributed by atoms with Crippen LogP contribution in [0.5, 0.6) is 0 Å². The van der Waals surface area contributed by atoms with Gasteiger partial charge >= 0.3 is 0 Å². The Hall–Kier alpha value is -2.09. The first kappa shape index (κ1) is 9.99. The average Bonchev–Trinajstić information content (AvgIpc) is 2.17. The molecular formula is C9H9N3O2. The molecule has 1 aromatic rings. The Bertz CT molecular complexity index is 430. The number of rotatable bonds is 2. The van der Waals surface area contributed by atoms with Crippen molar-refractivity contribution in [3.8, 4) is 6.07 Å². The summed E-state index contributed by atoms with van der Waals surface area (Å²) in [4.78, 5) is 24.5. The van der Waals surface area contributed by atoms with Gasteiger partial charge in [-0.25, -0.2) is 0 Å². The van der Waals surface area contributed by atoms with Gasteiger partial charge in [-0.05, 0) is 13.0 Å². The highest BCUT2D eigenvalue weighted by atomic mass is 16.2. The molecule has 1 heterocycles. The van der Waals surface area contributed by atoms with Crippen LogP contribution in [-0.4, -0.2) is 16.9 Å². The lowest BCUT2D eigenvalue weighted by Crippen LogP contribution is -2.32. The van der Waals surface area contributed by atoms with Gasteiger partial charge in [0.1, 0.15) is 11.7 Å². The summed E-state index contributed by atoms with van der Waals surface area (Å²) in [6, 6.07) is 5.54. The minimum atomic E-state index is -0.578. The van der Waals surface area contributed by atoms with E-state index < -0.39 is 11.9 Å². The minimum Gasteiger partial charge on any atom is -0.335 e. The zero-order valence-electron chi connectivity index (χ0n) is 7.57. The maximum absolute atomic E-state index is 11.3. The standard InChI is InChI=1S/C9H9N3O2/c1-6(5-10)11-9(14)7-3-2-4-8(13)12-7/h2-4,6H,1H3,(H,11,14)(H,12,13). The molecule has 72 valence electrons. The van der Waals surface area contributed by atoms with E-state index in [0.717, 1.165) is 0 Å². The molecule has 2 N–H and O–H groups in total. The van der Waals surface area contributed by atoms with Gasteiger partial charge in [-0.3, -0.25) is 9.59 Å². The fourth-order valence-corrected chi connectivity index (χ4v) is 0.887. The van der Waals surface area contributed by atoms with E-state index in [-0.39, 0.29) is 11.3 Å². The van der Waals surface area contributed by atoms with Crippen LogP contribution in [-0.2, 0) is 0 Å². The summed E-state index contributed by atoms with van der Waals surface area (Å²) >= 11 is 0. The van der Waals surface area contributed by atoms with Crippen molar-refractivity contribution < 1.29 is 4.79 Å². The molecule has 0 aliphatic heterocycles. The molecule has 0 aliphatic carbocycles. The predicted molar refractivity (Wildman–Crippen MR) is 49.6 cm³/mol. The number of pyridine rings is 1. The molecule has 0 saturated carbocycles. The third-order valence-electron chi connectivity index (χ3n) is 1.55. The summed E-state index contributed by atoms with van der Waals surface area (Å²) in [6.45, 7) is 1.55. The summed E-state index contributed by atoms with van der Waals surface area (Å²) in [5.74, 6) is -0.461. The van der Waals surface area contributed by atoms with E-state index in [1.165, 1.54) is 18.2 Å². The van der Waals surface area contributed by atoms with Crippen molar-refractivity contribution in [3.05, 3.63) is 34.2 Å². The highest BCUT2D eigenvalue weighted by molar-refractivity contribution is 5.92. The number of carbonyl (C=O) groups excluding carboxylic acids is 1. The molecule has 14 heavy (non-hydrogen) atoms. The summed E-state index contributed by atoms with van der Waals surface area (Å²) in [7, 11) is 0. The molecule has 0 radical (unpaired) electrons. The quantitative estimate of drug-likeness (QED) is 0.690. The lowest BCUT2D eigenvalue weighted by atomic mass is 10.3. The van der Waals surface area contributed by atoms with Crippen molar-refractivity contribution in [1.82, 2.24) is 10.3 Å². The van der Waals surface area contributed by atoms with Crippen LogP contribution in [0.4, 0.5) is 0 Å². The number of hydrogen-bond donors (Lipinski definition) is 2. The zero-order valence-corrected chi connectivity index (χ0v) is 7.57. The van der Waals surface area contributed by atoms with Crippen LogP contribution in [0.2, 0.25) is 0 Å². The van der Waals surface area contributed by atoms with Gasteiger partial charge in [0.25, 0.3) is 5.91 Å². The van der Waals surface area contributed by atoms with Gasteiger partial charge in [-0.15, -0.1) is 0 Å². The Kier molecular flexibility index (Phi) is 3.02. The van der Waals surface area contributed by atoms with E-state index in [1.807, 2.05) is 6.07 Å². The highest BCUT2D eigenvalue weighted by Crippen LogP contribution is 1.90. The molecule has 0 aromatic carbocycles. The fourth-order valence-electron chi connectivity index (χ4n) is 0.887. The Labute approximate surface area is 80.4 Å². The summed E-state index contributed by atoms with van der Waals surface area (Å²) in [5.41, 5.74) is -0.193. The average molecular weight is 191 g/mol. The zero-order chi connectivity index (χ0) is 10.6. The topological polar surface area (TPSA) is 85.8 Å². The van der Waals surface area contributed by atoms with E-state index in [1.54, 1.807) is 6.92 Å². The largest absolute Gasteiger partial charge is 0.335 e. The first-order valence-corrected chi connectivity index (χ1v) is 4.03. The molecule has 5 nitrogen and oxygen atoms in total. The van der Waals surface area contributed by atoms with Crippen molar-refractivity contribution in [2.75, 3.05) is 0 Å². The second kappa shape index (κ2) is 4.23. The van der Waals surface area contributed by atoms with Crippen LogP contribution in [0.15, 0.2) is 23.0 Å². The van der Waals surface area contributed by atoms with Crippen molar-refractivity contribution in [2.45, 2.75) is 13.0 Å². The predicted octanol–water partition coefficient (Wildman–Crippen LogP) is 0.0168. The SMILES string of the molecule is CC(C#N)NC(=O)c1cccc(=O)[nH]1. The van der Waals surface area contributed by atoms with Gasteiger partial charge in [0.2, 0.25) is 5.56 Å². The number of aromatic nitrogens is 1. The van der Waals surface area contributed by atoms with Crippen molar-refractivity contribution in [1.29, 1.82) is 5.26 Å². The minimum absolute atomic E-state index is 0.152. The Morgan fingerprint density at radius 3 is 2.93 bits per heavy atom. The molecule has 0 fully saturated rings. The second-order valence-electron chi connectivity index (χ2n) is 2.75. The molecule has 0 aliphatic rings. The molecule has 1 amide bonds. The monoisotopic (exact) mass is 191 g/mol. The van der Waals surface area contributed by atoms with Crippen molar-refractivity contribution >= 4 is 5.91 Å². The first-order valence-electron chi connectivity index (χ1n) is 4.03.